The maximum absolute atomic E-state index is 12.2. The van der Waals surface area contributed by atoms with Crippen LogP contribution in [0.1, 0.15) is 43.0 Å². The van der Waals surface area contributed by atoms with Crippen LogP contribution in [0.5, 0.6) is 0 Å². The summed E-state index contributed by atoms with van der Waals surface area (Å²) in [5.41, 5.74) is 2.88. The number of fused-ring (bicyclic) bond motifs is 1. The molecule has 0 radical (unpaired) electrons. The van der Waals surface area contributed by atoms with Crippen molar-refractivity contribution in [2.24, 2.45) is 0 Å². The first-order valence-corrected chi connectivity index (χ1v) is 9.60. The Labute approximate surface area is 136 Å². The minimum absolute atomic E-state index is 0.186. The van der Waals surface area contributed by atoms with Gasteiger partial charge >= 0.3 is 0 Å². The maximum Gasteiger partial charge on any atom is 0.215 e. The van der Waals surface area contributed by atoms with Crippen molar-refractivity contribution < 1.29 is 8.42 Å². The normalized spacial score (nSPS) is 21.0. The van der Waals surface area contributed by atoms with Crippen molar-refractivity contribution in [3.63, 3.8) is 0 Å². The second kappa shape index (κ2) is 5.69. The molecule has 1 N–H and O–H groups in total. The molecule has 120 valence electrons. The van der Waals surface area contributed by atoms with Crippen LogP contribution in [0.15, 0.2) is 36.5 Å². The lowest BCUT2D eigenvalue weighted by atomic mass is 9.93. The van der Waals surface area contributed by atoms with Gasteiger partial charge in [-0.1, -0.05) is 30.3 Å². The Morgan fingerprint density at radius 1 is 1.09 bits per heavy atom. The summed E-state index contributed by atoms with van der Waals surface area (Å²) in [6.07, 6.45) is 5.98. The molecule has 2 aromatic rings. The SMILES string of the molecule is O=S(=O)(N[C@@H]1CCCc2nc(-c3ccccc3)ncc21)C1CC1. The van der Waals surface area contributed by atoms with Crippen molar-refractivity contribution >= 4 is 10.0 Å². The second-order valence-electron chi connectivity index (χ2n) is 6.27. The number of nitrogens with one attached hydrogen (secondary N) is 1. The summed E-state index contributed by atoms with van der Waals surface area (Å²) in [5, 5.41) is -0.197. The smallest absolute Gasteiger partial charge is 0.215 e. The molecule has 2 aliphatic rings. The molecule has 1 atom stereocenters. The molecular weight excluding hydrogens is 310 g/mol. The molecule has 0 saturated heterocycles. The third-order valence-corrected chi connectivity index (χ3v) is 6.45. The summed E-state index contributed by atoms with van der Waals surface area (Å²) < 4.78 is 27.3. The second-order valence-corrected chi connectivity index (χ2v) is 8.26. The Balaban J connectivity index is 1.64. The van der Waals surface area contributed by atoms with Crippen molar-refractivity contribution in [3.05, 3.63) is 47.8 Å². The zero-order valence-corrected chi connectivity index (χ0v) is 13.6. The van der Waals surface area contributed by atoms with E-state index in [2.05, 4.69) is 14.7 Å². The van der Waals surface area contributed by atoms with Gasteiger partial charge in [0.15, 0.2) is 5.82 Å². The third-order valence-electron chi connectivity index (χ3n) is 4.48. The lowest BCUT2D eigenvalue weighted by Crippen LogP contribution is -2.33. The van der Waals surface area contributed by atoms with Crippen LogP contribution < -0.4 is 4.72 Å². The van der Waals surface area contributed by atoms with E-state index in [9.17, 15) is 8.42 Å². The van der Waals surface area contributed by atoms with Gasteiger partial charge in [0.25, 0.3) is 0 Å². The van der Waals surface area contributed by atoms with E-state index in [1.54, 1.807) is 6.20 Å². The summed E-state index contributed by atoms with van der Waals surface area (Å²) in [6, 6.07) is 9.67. The van der Waals surface area contributed by atoms with E-state index in [1.807, 2.05) is 30.3 Å². The third kappa shape index (κ3) is 3.01. The van der Waals surface area contributed by atoms with Crippen LogP contribution in [0.3, 0.4) is 0 Å². The van der Waals surface area contributed by atoms with Gasteiger partial charge in [-0.05, 0) is 32.1 Å². The average molecular weight is 329 g/mol. The summed E-state index contributed by atoms with van der Waals surface area (Å²) in [5.74, 6) is 0.704. The monoisotopic (exact) mass is 329 g/mol. The van der Waals surface area contributed by atoms with Crippen LogP contribution in [0.25, 0.3) is 11.4 Å². The highest BCUT2D eigenvalue weighted by molar-refractivity contribution is 7.90. The van der Waals surface area contributed by atoms with E-state index in [0.29, 0.717) is 5.82 Å². The predicted octanol–water partition coefficient (Wildman–Crippen LogP) is 2.60. The van der Waals surface area contributed by atoms with Gasteiger partial charge < -0.3 is 0 Å². The summed E-state index contributed by atoms with van der Waals surface area (Å²) >= 11 is 0. The van der Waals surface area contributed by atoms with E-state index in [0.717, 1.165) is 48.9 Å². The number of nitrogens with zero attached hydrogens (tertiary/aromatic N) is 2. The fraction of sp³-hybridized carbons (Fsp3) is 0.412. The Kier molecular flexibility index (Phi) is 3.66. The molecule has 0 aliphatic heterocycles. The minimum Gasteiger partial charge on any atom is -0.236 e. The fourth-order valence-corrected chi connectivity index (χ4v) is 4.66. The molecule has 0 spiro atoms. The van der Waals surface area contributed by atoms with Crippen molar-refractivity contribution in [1.29, 1.82) is 0 Å². The zero-order valence-electron chi connectivity index (χ0n) is 12.8. The summed E-state index contributed by atoms with van der Waals surface area (Å²) in [7, 11) is -3.20. The molecule has 2 aliphatic carbocycles. The standard InChI is InChI=1S/C17H19N3O2S/c21-23(22,13-9-10-13)20-16-8-4-7-15-14(16)11-18-17(19-15)12-5-2-1-3-6-12/h1-3,5-6,11,13,16,20H,4,7-10H2/t16-/m1/s1. The van der Waals surface area contributed by atoms with Gasteiger partial charge in [-0.15, -0.1) is 0 Å². The molecule has 0 unspecified atom stereocenters. The van der Waals surface area contributed by atoms with Crippen LogP contribution >= 0.6 is 0 Å². The quantitative estimate of drug-likeness (QED) is 0.936. The Hall–Kier alpha value is -1.79. The van der Waals surface area contributed by atoms with Gasteiger partial charge in [0.1, 0.15) is 0 Å². The van der Waals surface area contributed by atoms with Gasteiger partial charge in [-0.25, -0.2) is 23.1 Å². The topological polar surface area (TPSA) is 72.0 Å². The minimum atomic E-state index is -3.20. The number of sulfonamides is 1. The van der Waals surface area contributed by atoms with Crippen molar-refractivity contribution in [1.82, 2.24) is 14.7 Å². The molecule has 0 amide bonds. The van der Waals surface area contributed by atoms with Crippen molar-refractivity contribution in [2.75, 3.05) is 0 Å². The first kappa shape index (κ1) is 14.8. The Morgan fingerprint density at radius 2 is 1.87 bits per heavy atom. The number of aromatic nitrogens is 2. The number of benzene rings is 1. The van der Waals surface area contributed by atoms with E-state index < -0.39 is 10.0 Å². The van der Waals surface area contributed by atoms with Gasteiger partial charge in [-0.3, -0.25) is 0 Å². The molecule has 5 nitrogen and oxygen atoms in total. The summed E-state index contributed by atoms with van der Waals surface area (Å²) in [6.45, 7) is 0. The van der Waals surface area contributed by atoms with Crippen LogP contribution in [0, 0.1) is 0 Å². The molecule has 6 heteroatoms. The summed E-state index contributed by atoms with van der Waals surface area (Å²) in [4.78, 5) is 9.14. The Morgan fingerprint density at radius 3 is 2.61 bits per heavy atom. The molecular formula is C17H19N3O2S. The first-order chi connectivity index (χ1) is 11.1. The molecule has 1 aromatic carbocycles. The van der Waals surface area contributed by atoms with E-state index in [4.69, 9.17) is 0 Å². The van der Waals surface area contributed by atoms with Gasteiger partial charge in [-0.2, -0.15) is 0 Å². The predicted molar refractivity (Wildman–Crippen MR) is 88.2 cm³/mol. The molecule has 23 heavy (non-hydrogen) atoms. The van der Waals surface area contributed by atoms with Gasteiger partial charge in [0.05, 0.1) is 5.25 Å². The molecule has 0 bridgehead atoms. The highest BCUT2D eigenvalue weighted by Crippen LogP contribution is 2.33. The lowest BCUT2D eigenvalue weighted by molar-refractivity contribution is 0.499. The number of aryl methyl sites for hydroxylation is 1. The molecule has 1 saturated carbocycles. The fourth-order valence-electron chi connectivity index (χ4n) is 3.07. The van der Waals surface area contributed by atoms with Crippen LogP contribution in [0.2, 0.25) is 0 Å². The van der Waals surface area contributed by atoms with Gasteiger partial charge in [0, 0.05) is 29.1 Å². The largest absolute Gasteiger partial charge is 0.236 e. The highest BCUT2D eigenvalue weighted by Gasteiger charge is 2.38. The molecule has 1 heterocycles. The van der Waals surface area contributed by atoms with E-state index in [1.165, 1.54) is 0 Å². The number of rotatable bonds is 4. The van der Waals surface area contributed by atoms with Gasteiger partial charge in [0.2, 0.25) is 10.0 Å². The molecule has 1 aromatic heterocycles. The van der Waals surface area contributed by atoms with Crippen LogP contribution in [-0.2, 0) is 16.4 Å². The Bertz CT molecular complexity index is 817. The molecule has 4 rings (SSSR count). The molecule has 1 fully saturated rings. The van der Waals surface area contributed by atoms with Crippen LogP contribution in [-0.4, -0.2) is 23.6 Å². The lowest BCUT2D eigenvalue weighted by Gasteiger charge is -2.25. The zero-order chi connectivity index (χ0) is 15.9. The first-order valence-electron chi connectivity index (χ1n) is 8.06. The highest BCUT2D eigenvalue weighted by atomic mass is 32.2. The average Bonchev–Trinajstić information content (AvgIpc) is 3.41. The van der Waals surface area contributed by atoms with Crippen LogP contribution in [0.4, 0.5) is 0 Å². The van der Waals surface area contributed by atoms with Crippen molar-refractivity contribution in [2.45, 2.75) is 43.4 Å². The van der Waals surface area contributed by atoms with E-state index >= 15 is 0 Å². The maximum atomic E-state index is 12.2. The van der Waals surface area contributed by atoms with Crippen molar-refractivity contribution in [3.8, 4) is 11.4 Å². The number of hydrogen-bond acceptors (Lipinski definition) is 4. The number of hydrogen-bond donors (Lipinski definition) is 1. The van der Waals surface area contributed by atoms with E-state index in [-0.39, 0.29) is 11.3 Å².